The molecule has 0 unspecified atom stereocenters. The van der Waals surface area contributed by atoms with Gasteiger partial charge in [-0.2, -0.15) is 0 Å². The number of carbonyl (C=O) groups excluding carboxylic acids is 2. The third-order valence-corrected chi connectivity index (χ3v) is 2.93. The van der Waals surface area contributed by atoms with Crippen LogP contribution >= 0.6 is 0 Å². The Morgan fingerprint density at radius 2 is 1.74 bits per heavy atom. The molecular formula is C12H24N4O3. The van der Waals surface area contributed by atoms with Crippen LogP contribution in [0.25, 0.3) is 0 Å². The molecule has 0 bridgehead atoms. The van der Waals surface area contributed by atoms with E-state index < -0.39 is 0 Å². The molecule has 1 saturated heterocycles. The van der Waals surface area contributed by atoms with Crippen molar-refractivity contribution in [3.8, 4) is 0 Å². The molecule has 0 spiro atoms. The number of carbonyl (C=O) groups is 2. The van der Waals surface area contributed by atoms with Crippen LogP contribution in [-0.2, 0) is 4.74 Å². The van der Waals surface area contributed by atoms with E-state index in [1.165, 1.54) is 0 Å². The summed E-state index contributed by atoms with van der Waals surface area (Å²) in [6, 6.07) is -0.0645. The normalized spacial score (nSPS) is 15.6. The SMILES string of the molecule is CCOC(=O)N1CCN(C(=O)NCCN(C)C)CC1. The summed E-state index contributed by atoms with van der Waals surface area (Å²) in [4.78, 5) is 28.7. The van der Waals surface area contributed by atoms with Gasteiger partial charge in [0.25, 0.3) is 0 Å². The van der Waals surface area contributed by atoms with Crippen LogP contribution in [0.2, 0.25) is 0 Å². The van der Waals surface area contributed by atoms with Crippen LogP contribution in [0.3, 0.4) is 0 Å². The van der Waals surface area contributed by atoms with Crippen LogP contribution in [0, 0.1) is 0 Å². The third-order valence-electron chi connectivity index (χ3n) is 2.93. The second-order valence-electron chi connectivity index (χ2n) is 4.71. The molecule has 1 N–H and O–H groups in total. The molecule has 0 aromatic carbocycles. The lowest BCUT2D eigenvalue weighted by molar-refractivity contribution is 0.0851. The fourth-order valence-electron chi connectivity index (χ4n) is 1.81. The van der Waals surface area contributed by atoms with Crippen LogP contribution in [0.15, 0.2) is 0 Å². The average Bonchev–Trinajstić information content (AvgIpc) is 2.38. The summed E-state index contributed by atoms with van der Waals surface area (Å²) in [6.45, 7) is 5.76. The number of hydrogen-bond donors (Lipinski definition) is 1. The summed E-state index contributed by atoms with van der Waals surface area (Å²) < 4.78 is 4.93. The van der Waals surface area contributed by atoms with Gasteiger partial charge in [-0.1, -0.05) is 0 Å². The van der Waals surface area contributed by atoms with Crippen molar-refractivity contribution in [2.75, 3.05) is 60.0 Å². The van der Waals surface area contributed by atoms with Gasteiger partial charge in [-0.05, 0) is 21.0 Å². The van der Waals surface area contributed by atoms with E-state index >= 15 is 0 Å². The minimum Gasteiger partial charge on any atom is -0.450 e. The Bertz CT molecular complexity index is 301. The molecule has 0 saturated carbocycles. The second-order valence-corrected chi connectivity index (χ2v) is 4.71. The first-order valence-electron chi connectivity index (χ1n) is 6.63. The maximum Gasteiger partial charge on any atom is 0.409 e. The molecule has 1 heterocycles. The molecule has 0 aliphatic carbocycles. The number of hydrogen-bond acceptors (Lipinski definition) is 4. The largest absolute Gasteiger partial charge is 0.450 e. The Hall–Kier alpha value is -1.50. The van der Waals surface area contributed by atoms with E-state index in [0.29, 0.717) is 39.3 Å². The van der Waals surface area contributed by atoms with Gasteiger partial charge in [0.2, 0.25) is 0 Å². The Morgan fingerprint density at radius 3 is 2.26 bits per heavy atom. The molecule has 1 fully saturated rings. The van der Waals surface area contributed by atoms with Gasteiger partial charge in [0.15, 0.2) is 0 Å². The monoisotopic (exact) mass is 272 g/mol. The number of nitrogens with one attached hydrogen (secondary N) is 1. The number of nitrogens with zero attached hydrogens (tertiary/aromatic N) is 3. The minimum absolute atomic E-state index is 0.0645. The smallest absolute Gasteiger partial charge is 0.409 e. The van der Waals surface area contributed by atoms with E-state index in [0.717, 1.165) is 6.54 Å². The first-order valence-corrected chi connectivity index (χ1v) is 6.63. The Morgan fingerprint density at radius 1 is 1.16 bits per heavy atom. The Balaban J connectivity index is 2.25. The number of ether oxygens (including phenoxy) is 1. The molecule has 0 aromatic rings. The summed E-state index contributed by atoms with van der Waals surface area (Å²) in [5, 5.41) is 2.86. The predicted molar refractivity (Wildman–Crippen MR) is 72.1 cm³/mol. The molecule has 1 aliphatic rings. The van der Waals surface area contributed by atoms with Gasteiger partial charge in [-0.25, -0.2) is 9.59 Å². The number of likely N-dealkylation sites (N-methyl/N-ethyl adjacent to an activating group) is 1. The van der Waals surface area contributed by atoms with Crippen molar-refractivity contribution in [3.05, 3.63) is 0 Å². The number of amides is 3. The van der Waals surface area contributed by atoms with E-state index in [4.69, 9.17) is 4.74 Å². The standard InChI is InChI=1S/C12H24N4O3/c1-4-19-12(18)16-9-7-15(8-10-16)11(17)13-5-6-14(2)3/h4-10H2,1-3H3,(H,13,17). The van der Waals surface area contributed by atoms with Crippen molar-refractivity contribution in [1.29, 1.82) is 0 Å². The van der Waals surface area contributed by atoms with Crippen molar-refractivity contribution in [1.82, 2.24) is 20.0 Å². The topological polar surface area (TPSA) is 65.1 Å². The Labute approximate surface area is 114 Å². The molecule has 1 rings (SSSR count). The predicted octanol–water partition coefficient (Wildman–Crippen LogP) is 0.0317. The lowest BCUT2D eigenvalue weighted by Gasteiger charge is -2.34. The number of rotatable bonds is 4. The van der Waals surface area contributed by atoms with Crippen LogP contribution in [0.1, 0.15) is 6.92 Å². The summed E-state index contributed by atoms with van der Waals surface area (Å²) >= 11 is 0. The summed E-state index contributed by atoms with van der Waals surface area (Å²) in [7, 11) is 3.93. The van der Waals surface area contributed by atoms with Crippen molar-refractivity contribution in [2.45, 2.75) is 6.92 Å². The lowest BCUT2D eigenvalue weighted by Crippen LogP contribution is -2.53. The molecule has 7 nitrogen and oxygen atoms in total. The van der Waals surface area contributed by atoms with Gasteiger partial charge < -0.3 is 24.8 Å². The molecule has 0 radical (unpaired) electrons. The number of piperazine rings is 1. The first kappa shape index (κ1) is 15.6. The van der Waals surface area contributed by atoms with Crippen molar-refractivity contribution >= 4 is 12.1 Å². The molecule has 0 aromatic heterocycles. The maximum absolute atomic E-state index is 11.8. The van der Waals surface area contributed by atoms with Gasteiger partial charge in [0.05, 0.1) is 6.61 Å². The molecule has 3 amide bonds. The minimum atomic E-state index is -0.296. The maximum atomic E-state index is 11.8. The van der Waals surface area contributed by atoms with Gasteiger partial charge in [-0.3, -0.25) is 0 Å². The zero-order valence-electron chi connectivity index (χ0n) is 12.0. The molecular weight excluding hydrogens is 248 g/mol. The van der Waals surface area contributed by atoms with Crippen LogP contribution in [-0.4, -0.2) is 86.8 Å². The number of urea groups is 1. The van der Waals surface area contributed by atoms with Gasteiger partial charge in [0.1, 0.15) is 0 Å². The van der Waals surface area contributed by atoms with E-state index in [1.54, 1.807) is 16.7 Å². The highest BCUT2D eigenvalue weighted by Gasteiger charge is 2.24. The fourth-order valence-corrected chi connectivity index (χ4v) is 1.81. The van der Waals surface area contributed by atoms with Crippen molar-refractivity contribution in [2.24, 2.45) is 0 Å². The van der Waals surface area contributed by atoms with Gasteiger partial charge in [-0.15, -0.1) is 0 Å². The molecule has 19 heavy (non-hydrogen) atoms. The van der Waals surface area contributed by atoms with Crippen molar-refractivity contribution in [3.63, 3.8) is 0 Å². The lowest BCUT2D eigenvalue weighted by atomic mass is 10.3. The van der Waals surface area contributed by atoms with Crippen LogP contribution in [0.5, 0.6) is 0 Å². The van der Waals surface area contributed by atoms with Crippen LogP contribution in [0.4, 0.5) is 9.59 Å². The first-order chi connectivity index (χ1) is 9.04. The van der Waals surface area contributed by atoms with E-state index in [-0.39, 0.29) is 12.1 Å². The highest BCUT2D eigenvalue weighted by Crippen LogP contribution is 2.03. The van der Waals surface area contributed by atoms with Crippen molar-refractivity contribution < 1.29 is 14.3 Å². The van der Waals surface area contributed by atoms with Crippen LogP contribution < -0.4 is 5.32 Å². The summed E-state index contributed by atoms with van der Waals surface area (Å²) in [5.74, 6) is 0. The molecule has 7 heteroatoms. The fraction of sp³-hybridized carbons (Fsp3) is 0.833. The quantitative estimate of drug-likeness (QED) is 0.784. The Kier molecular flexibility index (Phi) is 6.41. The highest BCUT2D eigenvalue weighted by atomic mass is 16.6. The zero-order chi connectivity index (χ0) is 14.3. The molecule has 110 valence electrons. The zero-order valence-corrected chi connectivity index (χ0v) is 12.0. The second kappa shape index (κ2) is 7.83. The average molecular weight is 272 g/mol. The van der Waals surface area contributed by atoms with E-state index in [9.17, 15) is 9.59 Å². The van der Waals surface area contributed by atoms with E-state index in [2.05, 4.69) is 5.32 Å². The molecule has 0 atom stereocenters. The summed E-state index contributed by atoms with van der Waals surface area (Å²) in [5.41, 5.74) is 0. The van der Waals surface area contributed by atoms with Gasteiger partial charge >= 0.3 is 12.1 Å². The highest BCUT2D eigenvalue weighted by molar-refractivity contribution is 5.75. The molecule has 1 aliphatic heterocycles. The van der Waals surface area contributed by atoms with Gasteiger partial charge in [0, 0.05) is 39.3 Å². The third kappa shape index (κ3) is 5.34. The van der Waals surface area contributed by atoms with E-state index in [1.807, 2.05) is 19.0 Å². The summed E-state index contributed by atoms with van der Waals surface area (Å²) in [6.07, 6.45) is -0.296.